The Bertz CT molecular complexity index is 1140. The second kappa shape index (κ2) is 10.3. The van der Waals surface area contributed by atoms with E-state index >= 15 is 0 Å². The van der Waals surface area contributed by atoms with Crippen LogP contribution in [0.4, 0.5) is 17.1 Å². The van der Waals surface area contributed by atoms with Gasteiger partial charge in [0, 0.05) is 11.4 Å². The zero-order valence-corrected chi connectivity index (χ0v) is 17.8. The molecule has 0 saturated heterocycles. The summed E-state index contributed by atoms with van der Waals surface area (Å²) in [7, 11) is 0. The molecule has 3 aromatic rings. The van der Waals surface area contributed by atoms with Gasteiger partial charge < -0.3 is 20.1 Å². The van der Waals surface area contributed by atoms with E-state index in [9.17, 15) is 14.4 Å². The molecule has 1 aliphatic rings. The molecule has 0 atom stereocenters. The van der Waals surface area contributed by atoms with Gasteiger partial charge in [-0.15, -0.1) is 0 Å². The number of hydrogen-bond donors (Lipinski definition) is 2. The van der Waals surface area contributed by atoms with Crippen LogP contribution in [0.3, 0.4) is 0 Å². The Hall–Kier alpha value is -4.33. The number of nitrogens with zero attached hydrogens (tertiary/aromatic N) is 1. The summed E-state index contributed by atoms with van der Waals surface area (Å²) in [6.45, 7) is -0.102. The van der Waals surface area contributed by atoms with Gasteiger partial charge >= 0.3 is 0 Å². The summed E-state index contributed by atoms with van der Waals surface area (Å²) >= 11 is 0. The lowest BCUT2D eigenvalue weighted by molar-refractivity contribution is -0.123. The minimum Gasteiger partial charge on any atom is -0.493 e. The molecule has 0 spiro atoms. The van der Waals surface area contributed by atoms with Crippen molar-refractivity contribution in [2.75, 3.05) is 35.3 Å². The van der Waals surface area contributed by atoms with Crippen molar-refractivity contribution >= 4 is 34.8 Å². The van der Waals surface area contributed by atoms with Crippen molar-refractivity contribution in [1.29, 1.82) is 0 Å². The fourth-order valence-electron chi connectivity index (χ4n) is 3.32. The summed E-state index contributed by atoms with van der Waals surface area (Å²) in [5.41, 5.74) is 1.56. The van der Waals surface area contributed by atoms with Crippen LogP contribution in [0.15, 0.2) is 78.9 Å². The first kappa shape index (κ1) is 21.9. The predicted molar refractivity (Wildman–Crippen MR) is 125 cm³/mol. The van der Waals surface area contributed by atoms with E-state index in [-0.39, 0.29) is 43.9 Å². The van der Waals surface area contributed by atoms with Crippen molar-refractivity contribution in [3.63, 3.8) is 0 Å². The number of fused-ring (bicyclic) bond motifs is 1. The molecule has 33 heavy (non-hydrogen) atoms. The minimum absolute atomic E-state index is 0.157. The standard InChI is InChI=1S/C25H23N3O5/c29-23(13-14-32-20-9-5-2-6-10-20)27-19-11-12-22-21(15-19)28(25(31)17-33-22)16-24(30)26-18-7-3-1-4-8-18/h1-12,15H,13-14,16-17H2,(H,26,30)(H,27,29). The Morgan fingerprint density at radius 3 is 2.33 bits per heavy atom. The Balaban J connectivity index is 1.38. The lowest BCUT2D eigenvalue weighted by Gasteiger charge is -2.29. The van der Waals surface area contributed by atoms with E-state index in [1.807, 2.05) is 48.5 Å². The first-order valence-corrected chi connectivity index (χ1v) is 10.5. The van der Waals surface area contributed by atoms with Gasteiger partial charge in [0.05, 0.1) is 18.7 Å². The number of nitrogens with one attached hydrogen (secondary N) is 2. The fraction of sp³-hybridized carbons (Fsp3) is 0.160. The van der Waals surface area contributed by atoms with E-state index in [1.54, 1.807) is 30.3 Å². The fourth-order valence-corrected chi connectivity index (χ4v) is 3.32. The summed E-state index contributed by atoms with van der Waals surface area (Å²) < 4.78 is 11.0. The highest BCUT2D eigenvalue weighted by Crippen LogP contribution is 2.34. The number of anilines is 3. The van der Waals surface area contributed by atoms with Crippen LogP contribution in [0.1, 0.15) is 6.42 Å². The molecule has 2 N–H and O–H groups in total. The molecule has 8 nitrogen and oxygen atoms in total. The van der Waals surface area contributed by atoms with Gasteiger partial charge in [-0.2, -0.15) is 0 Å². The van der Waals surface area contributed by atoms with Gasteiger partial charge in [0.1, 0.15) is 18.0 Å². The normalized spacial score (nSPS) is 12.4. The van der Waals surface area contributed by atoms with E-state index < -0.39 is 0 Å². The van der Waals surface area contributed by atoms with Crippen LogP contribution in [-0.4, -0.2) is 37.5 Å². The highest BCUT2D eigenvalue weighted by Gasteiger charge is 2.28. The molecule has 4 rings (SSSR count). The largest absolute Gasteiger partial charge is 0.493 e. The molecule has 0 saturated carbocycles. The second-order valence-electron chi connectivity index (χ2n) is 7.32. The molecular formula is C25H23N3O5. The van der Waals surface area contributed by atoms with E-state index in [0.29, 0.717) is 28.6 Å². The zero-order chi connectivity index (χ0) is 23.0. The maximum Gasteiger partial charge on any atom is 0.265 e. The van der Waals surface area contributed by atoms with E-state index in [0.717, 1.165) is 0 Å². The summed E-state index contributed by atoms with van der Waals surface area (Å²) in [5.74, 6) is 0.245. The number of hydrogen-bond acceptors (Lipinski definition) is 5. The van der Waals surface area contributed by atoms with Crippen LogP contribution >= 0.6 is 0 Å². The van der Waals surface area contributed by atoms with Crippen molar-refractivity contribution in [1.82, 2.24) is 0 Å². The van der Waals surface area contributed by atoms with Gasteiger partial charge in [0.15, 0.2) is 6.61 Å². The van der Waals surface area contributed by atoms with E-state index in [4.69, 9.17) is 9.47 Å². The topological polar surface area (TPSA) is 97.0 Å². The molecule has 0 radical (unpaired) electrons. The lowest BCUT2D eigenvalue weighted by atomic mass is 10.2. The van der Waals surface area contributed by atoms with Crippen LogP contribution in [0, 0.1) is 0 Å². The molecule has 168 valence electrons. The smallest absolute Gasteiger partial charge is 0.265 e. The molecule has 0 aromatic heterocycles. The summed E-state index contributed by atoms with van der Waals surface area (Å²) in [5, 5.41) is 5.56. The zero-order valence-electron chi connectivity index (χ0n) is 17.8. The first-order valence-electron chi connectivity index (χ1n) is 10.5. The Morgan fingerprint density at radius 2 is 1.58 bits per heavy atom. The summed E-state index contributed by atoms with van der Waals surface area (Å²) in [6.07, 6.45) is 0.157. The highest BCUT2D eigenvalue weighted by molar-refractivity contribution is 6.05. The number of para-hydroxylation sites is 2. The number of carbonyl (C=O) groups excluding carboxylic acids is 3. The molecular weight excluding hydrogens is 422 g/mol. The molecule has 0 aliphatic carbocycles. The third kappa shape index (κ3) is 5.88. The van der Waals surface area contributed by atoms with E-state index in [2.05, 4.69) is 10.6 Å². The third-order valence-corrected chi connectivity index (χ3v) is 4.89. The maximum absolute atomic E-state index is 12.5. The number of amides is 3. The molecule has 8 heteroatoms. The maximum atomic E-state index is 12.5. The number of ether oxygens (including phenoxy) is 2. The summed E-state index contributed by atoms with van der Waals surface area (Å²) in [6, 6.07) is 23.2. The number of carbonyl (C=O) groups is 3. The monoisotopic (exact) mass is 445 g/mol. The van der Waals surface area contributed by atoms with Gasteiger partial charge in [-0.1, -0.05) is 36.4 Å². The number of rotatable bonds is 8. The van der Waals surface area contributed by atoms with Crippen LogP contribution < -0.4 is 25.0 Å². The molecule has 3 aromatic carbocycles. The Morgan fingerprint density at radius 1 is 0.879 bits per heavy atom. The van der Waals surface area contributed by atoms with E-state index in [1.165, 1.54) is 4.90 Å². The molecule has 1 aliphatic heterocycles. The Kier molecular flexibility index (Phi) is 6.84. The molecule has 3 amide bonds. The quantitative estimate of drug-likeness (QED) is 0.554. The molecule has 0 bridgehead atoms. The van der Waals surface area contributed by atoms with Gasteiger partial charge in [-0.25, -0.2) is 0 Å². The van der Waals surface area contributed by atoms with Crippen LogP contribution in [0.25, 0.3) is 0 Å². The van der Waals surface area contributed by atoms with Gasteiger partial charge in [-0.3, -0.25) is 19.3 Å². The number of benzene rings is 3. The van der Waals surface area contributed by atoms with Gasteiger partial charge in [0.25, 0.3) is 5.91 Å². The third-order valence-electron chi connectivity index (χ3n) is 4.89. The molecule has 1 heterocycles. The van der Waals surface area contributed by atoms with Gasteiger partial charge in [-0.05, 0) is 42.5 Å². The molecule has 0 fully saturated rings. The van der Waals surface area contributed by atoms with Crippen molar-refractivity contribution in [2.24, 2.45) is 0 Å². The average Bonchev–Trinajstić information content (AvgIpc) is 2.82. The second-order valence-corrected chi connectivity index (χ2v) is 7.32. The molecule has 0 unspecified atom stereocenters. The van der Waals surface area contributed by atoms with Gasteiger partial charge in [0.2, 0.25) is 11.8 Å². The SMILES string of the molecule is O=C(CCOc1ccccc1)Nc1ccc2c(c1)N(CC(=O)Nc1ccccc1)C(=O)CO2. The summed E-state index contributed by atoms with van der Waals surface area (Å²) in [4.78, 5) is 38.7. The van der Waals surface area contributed by atoms with Crippen LogP contribution in [-0.2, 0) is 14.4 Å². The van der Waals surface area contributed by atoms with Crippen molar-refractivity contribution in [2.45, 2.75) is 6.42 Å². The van der Waals surface area contributed by atoms with Crippen molar-refractivity contribution < 1.29 is 23.9 Å². The van der Waals surface area contributed by atoms with Crippen molar-refractivity contribution in [3.05, 3.63) is 78.9 Å². The predicted octanol–water partition coefficient (Wildman–Crippen LogP) is 3.46. The Labute approximate surface area is 191 Å². The first-order chi connectivity index (χ1) is 16.1. The van der Waals surface area contributed by atoms with Crippen LogP contribution in [0.2, 0.25) is 0 Å². The highest BCUT2D eigenvalue weighted by atomic mass is 16.5. The minimum atomic E-state index is -0.342. The average molecular weight is 445 g/mol. The lowest BCUT2D eigenvalue weighted by Crippen LogP contribution is -2.43. The van der Waals surface area contributed by atoms with Crippen LogP contribution in [0.5, 0.6) is 11.5 Å². The van der Waals surface area contributed by atoms with Crippen molar-refractivity contribution in [3.8, 4) is 11.5 Å².